The molecule has 3 saturated heterocycles. The first-order chi connectivity index (χ1) is 25.3. The van der Waals surface area contributed by atoms with Crippen LogP contribution >= 0.6 is 23.5 Å². The Labute approximate surface area is 312 Å². The number of methoxy groups -OCH3 is 2. The van der Waals surface area contributed by atoms with Crippen molar-refractivity contribution in [2.45, 2.75) is 53.1 Å². The minimum absolute atomic E-state index is 0.0423. The Morgan fingerprint density at radius 3 is 2.25 bits per heavy atom. The summed E-state index contributed by atoms with van der Waals surface area (Å²) in [6.45, 7) is 7.41. The van der Waals surface area contributed by atoms with Crippen molar-refractivity contribution in [1.82, 2.24) is 40.8 Å². The summed E-state index contributed by atoms with van der Waals surface area (Å²) in [6.07, 6.45) is 3.32. The molecule has 2 aromatic heterocycles. The summed E-state index contributed by atoms with van der Waals surface area (Å²) >= 11 is 3.07. The Bertz CT molecular complexity index is 1410. The molecule has 288 valence electrons. The number of piperazine rings is 1. The van der Waals surface area contributed by atoms with Crippen molar-refractivity contribution in [3.63, 3.8) is 0 Å². The first-order valence-corrected chi connectivity index (χ1v) is 19.4. The number of aromatic nitrogens is 4. The van der Waals surface area contributed by atoms with Gasteiger partial charge in [-0.2, -0.15) is 21.7 Å². The van der Waals surface area contributed by atoms with Crippen molar-refractivity contribution in [1.29, 1.82) is 0 Å². The molecular weight excluding hydrogens is 715 g/mol. The number of thioether (sulfide) groups is 1. The van der Waals surface area contributed by atoms with E-state index in [-0.39, 0.29) is 35.7 Å². The van der Waals surface area contributed by atoms with E-state index < -0.39 is 0 Å². The van der Waals surface area contributed by atoms with E-state index in [0.717, 1.165) is 57.7 Å². The van der Waals surface area contributed by atoms with Crippen molar-refractivity contribution >= 4 is 53.0 Å². The number of fused-ring (bicyclic) bond motifs is 1. The summed E-state index contributed by atoms with van der Waals surface area (Å²) in [5.74, 6) is 2.74. The van der Waals surface area contributed by atoms with E-state index in [4.69, 9.17) is 35.2 Å². The molecule has 2 aromatic rings. The first-order valence-electron chi connectivity index (χ1n) is 17.6. The number of hydrogen-bond donors (Lipinski definition) is 5. The Balaban J connectivity index is 0.850. The van der Waals surface area contributed by atoms with Gasteiger partial charge < -0.3 is 56.0 Å². The van der Waals surface area contributed by atoms with Crippen LogP contribution in [0.25, 0.3) is 0 Å². The Hall–Kier alpha value is -3.56. The zero-order valence-electron chi connectivity index (χ0n) is 29.8. The van der Waals surface area contributed by atoms with Crippen molar-refractivity contribution in [3.8, 4) is 11.8 Å². The standard InChI is InChI=1S/C32H51N11O7S2/c1-46-28-27(52-32-37-23(33)19-24(34)38-32)29(47-2)41-30(40-28)43-10-8-42(9-11-43)12-14-49-16-18-50-17-15-48-13-7-35-25(44)6-4-3-5-22-26-21(20-51-22)36-31(45)39-26/h19,21-22,26H,3-18,20H2,1-2H3,(H,35,44)(H2,36,39,45)(H4,33,34,37,38). The highest BCUT2D eigenvalue weighted by Crippen LogP contribution is 2.40. The number of ether oxygens (including phenoxy) is 5. The molecule has 3 aliphatic heterocycles. The number of nitrogen functional groups attached to an aromatic ring is 2. The normalized spacial score (nSPS) is 20.0. The molecular formula is C32H51N11O7S2. The van der Waals surface area contributed by atoms with Crippen LogP contribution in [0.1, 0.15) is 25.7 Å². The highest BCUT2D eigenvalue weighted by molar-refractivity contribution is 8.00. The SMILES string of the molecule is COc1nc(N2CCN(CCOCCOCCOCCNC(=O)CCCCC3SCC4NC(=O)NC43)CC2)nc(OC)c1Sc1nc(N)cc(N)n1. The molecule has 0 saturated carbocycles. The number of carbonyl (C=O) groups excluding carboxylic acids is 2. The van der Waals surface area contributed by atoms with Gasteiger partial charge in [0.1, 0.15) is 16.5 Å². The maximum atomic E-state index is 12.1. The van der Waals surface area contributed by atoms with E-state index in [1.165, 1.54) is 32.0 Å². The lowest BCUT2D eigenvalue weighted by Crippen LogP contribution is -2.48. The molecule has 20 heteroatoms. The van der Waals surface area contributed by atoms with E-state index in [9.17, 15) is 9.59 Å². The molecule has 0 radical (unpaired) electrons. The van der Waals surface area contributed by atoms with Crippen LogP contribution in [0.15, 0.2) is 16.1 Å². The van der Waals surface area contributed by atoms with Crippen LogP contribution in [0.4, 0.5) is 22.4 Å². The highest BCUT2D eigenvalue weighted by atomic mass is 32.2. The van der Waals surface area contributed by atoms with E-state index in [1.54, 1.807) is 0 Å². The van der Waals surface area contributed by atoms with Crippen LogP contribution in [-0.2, 0) is 19.0 Å². The molecule has 5 rings (SSSR count). The molecule has 0 aliphatic carbocycles. The Morgan fingerprint density at radius 1 is 0.923 bits per heavy atom. The zero-order chi connectivity index (χ0) is 36.7. The molecule has 0 bridgehead atoms. The van der Waals surface area contributed by atoms with Crippen LogP contribution in [0.3, 0.4) is 0 Å². The van der Waals surface area contributed by atoms with Crippen molar-refractivity contribution in [3.05, 3.63) is 6.07 Å². The Morgan fingerprint density at radius 2 is 1.58 bits per heavy atom. The number of nitrogens with one attached hydrogen (secondary N) is 3. The molecule has 5 heterocycles. The van der Waals surface area contributed by atoms with Crippen LogP contribution in [-0.4, -0.2) is 153 Å². The molecule has 3 aliphatic rings. The number of carbonyl (C=O) groups is 2. The zero-order valence-corrected chi connectivity index (χ0v) is 31.5. The monoisotopic (exact) mass is 765 g/mol. The predicted molar refractivity (Wildman–Crippen MR) is 198 cm³/mol. The molecule has 0 spiro atoms. The highest BCUT2D eigenvalue weighted by Gasteiger charge is 2.42. The lowest BCUT2D eigenvalue weighted by molar-refractivity contribution is -0.121. The molecule has 3 fully saturated rings. The second kappa shape index (κ2) is 20.6. The third-order valence-corrected chi connectivity index (χ3v) is 11.1. The molecule has 3 unspecified atom stereocenters. The van der Waals surface area contributed by atoms with Crippen LogP contribution in [0.2, 0.25) is 0 Å². The number of rotatable bonds is 22. The quantitative estimate of drug-likeness (QED) is 0.0629. The number of anilines is 3. The minimum Gasteiger partial charge on any atom is -0.480 e. The van der Waals surface area contributed by atoms with Gasteiger partial charge in [-0.3, -0.25) is 9.69 Å². The second-order valence-electron chi connectivity index (χ2n) is 12.4. The summed E-state index contributed by atoms with van der Waals surface area (Å²) in [6, 6.07) is 1.88. The van der Waals surface area contributed by atoms with Crippen molar-refractivity contribution < 1.29 is 33.3 Å². The molecule has 52 heavy (non-hydrogen) atoms. The van der Waals surface area contributed by atoms with Gasteiger partial charge in [-0.1, -0.05) is 6.42 Å². The van der Waals surface area contributed by atoms with Gasteiger partial charge >= 0.3 is 6.03 Å². The third-order valence-electron chi connectivity index (χ3n) is 8.72. The average molecular weight is 766 g/mol. The summed E-state index contributed by atoms with van der Waals surface area (Å²) in [7, 11) is 3.08. The summed E-state index contributed by atoms with van der Waals surface area (Å²) < 4.78 is 28.1. The lowest BCUT2D eigenvalue weighted by Gasteiger charge is -2.34. The molecule has 18 nitrogen and oxygen atoms in total. The predicted octanol–water partition coefficient (Wildman–Crippen LogP) is 0.613. The number of nitrogens with two attached hydrogens (primary N) is 2. The topological polar surface area (TPSA) is 226 Å². The molecule has 7 N–H and O–H groups in total. The minimum atomic E-state index is -0.0620. The van der Waals surface area contributed by atoms with Gasteiger partial charge in [0.25, 0.3) is 0 Å². The van der Waals surface area contributed by atoms with Gasteiger partial charge in [-0.05, 0) is 24.6 Å². The van der Waals surface area contributed by atoms with Gasteiger partial charge in [0, 0.05) is 62.8 Å². The molecule has 3 atom stereocenters. The van der Waals surface area contributed by atoms with Gasteiger partial charge in [0.15, 0.2) is 5.16 Å². The first kappa shape index (κ1) is 39.6. The summed E-state index contributed by atoms with van der Waals surface area (Å²) in [5.41, 5.74) is 11.6. The van der Waals surface area contributed by atoms with Gasteiger partial charge in [0.2, 0.25) is 23.6 Å². The summed E-state index contributed by atoms with van der Waals surface area (Å²) in [4.78, 5) is 46.3. The lowest BCUT2D eigenvalue weighted by atomic mass is 10.0. The fourth-order valence-electron chi connectivity index (χ4n) is 6.04. The number of urea groups is 1. The molecule has 0 aromatic carbocycles. The Kier molecular flexibility index (Phi) is 15.7. The maximum absolute atomic E-state index is 12.1. The number of nitrogens with zero attached hydrogens (tertiary/aromatic N) is 6. The smallest absolute Gasteiger partial charge is 0.315 e. The van der Waals surface area contributed by atoms with Gasteiger partial charge in [-0.25, -0.2) is 14.8 Å². The van der Waals surface area contributed by atoms with Crippen molar-refractivity contribution in [2.24, 2.45) is 0 Å². The van der Waals surface area contributed by atoms with E-state index >= 15 is 0 Å². The average Bonchev–Trinajstić information content (AvgIpc) is 3.69. The number of hydrogen-bond acceptors (Lipinski definition) is 17. The van der Waals surface area contributed by atoms with Crippen LogP contribution in [0, 0.1) is 0 Å². The van der Waals surface area contributed by atoms with E-state index in [1.807, 2.05) is 11.8 Å². The van der Waals surface area contributed by atoms with E-state index in [2.05, 4.69) is 45.7 Å². The second-order valence-corrected chi connectivity index (χ2v) is 14.6. The van der Waals surface area contributed by atoms with Crippen LogP contribution < -0.4 is 41.8 Å². The van der Waals surface area contributed by atoms with Gasteiger partial charge in [0.05, 0.1) is 65.9 Å². The van der Waals surface area contributed by atoms with Crippen molar-refractivity contribution in [2.75, 3.05) is 115 Å². The number of unbranched alkanes of at least 4 members (excludes halogenated alkanes) is 1. The maximum Gasteiger partial charge on any atom is 0.315 e. The molecule has 3 amide bonds. The van der Waals surface area contributed by atoms with E-state index in [0.29, 0.717) is 85.6 Å². The fraction of sp³-hybridized carbons (Fsp3) is 0.688. The number of amides is 3. The summed E-state index contributed by atoms with van der Waals surface area (Å²) in [5, 5.41) is 9.64. The van der Waals surface area contributed by atoms with Crippen LogP contribution in [0.5, 0.6) is 11.8 Å². The largest absolute Gasteiger partial charge is 0.480 e. The fourth-order valence-corrected chi connectivity index (χ4v) is 8.50. The van der Waals surface area contributed by atoms with Gasteiger partial charge in [-0.15, -0.1) is 0 Å². The third kappa shape index (κ3) is 12.0.